The molecular weight excluding hydrogens is 508 g/mol. The molecule has 3 aromatic carbocycles. The van der Waals surface area contributed by atoms with E-state index in [2.05, 4.69) is 9.71 Å². The molecule has 182 valence electrons. The van der Waals surface area contributed by atoms with Crippen molar-refractivity contribution in [2.45, 2.75) is 22.5 Å². The molecule has 1 aromatic heterocycles. The van der Waals surface area contributed by atoms with Crippen LogP contribution in [0.2, 0.25) is 0 Å². The number of aromatic hydroxyl groups is 1. The van der Waals surface area contributed by atoms with Crippen molar-refractivity contribution < 1.29 is 26.7 Å². The van der Waals surface area contributed by atoms with Crippen LogP contribution >= 0.6 is 11.3 Å². The summed E-state index contributed by atoms with van der Waals surface area (Å²) in [7, 11) is -6.24. The Hall–Kier alpha value is -3.41. The monoisotopic (exact) mass is 530 g/mol. The number of hydrogen-bond acceptors (Lipinski definition) is 8. The lowest BCUT2D eigenvalue weighted by Crippen LogP contribution is -2.14. The fraction of sp³-hybridized carbons (Fsp3) is 0.125. The summed E-state index contributed by atoms with van der Waals surface area (Å²) in [5.74, 6) is -0.0981. The normalized spacial score (nSPS) is 11.8. The van der Waals surface area contributed by atoms with Crippen LogP contribution in [-0.4, -0.2) is 34.0 Å². The molecule has 0 saturated carbocycles. The zero-order chi connectivity index (χ0) is 25.2. The van der Waals surface area contributed by atoms with E-state index in [0.29, 0.717) is 21.1 Å². The highest BCUT2D eigenvalue weighted by atomic mass is 32.2. The van der Waals surface area contributed by atoms with Crippen molar-refractivity contribution >= 4 is 36.9 Å². The molecule has 2 N–H and O–H groups in total. The molecule has 0 aliphatic carbocycles. The van der Waals surface area contributed by atoms with Crippen molar-refractivity contribution in [3.63, 3.8) is 0 Å². The minimum absolute atomic E-state index is 0.0123. The van der Waals surface area contributed by atoms with Gasteiger partial charge in [0.2, 0.25) is 0 Å². The Kier molecular flexibility index (Phi) is 6.84. The predicted octanol–water partition coefficient (Wildman–Crippen LogP) is 4.61. The number of hydrogen-bond donors (Lipinski definition) is 2. The molecule has 35 heavy (non-hydrogen) atoms. The van der Waals surface area contributed by atoms with E-state index < -0.39 is 19.9 Å². The number of phenolic OH excluding ortho intramolecular Hbond substituents is 1. The zero-order valence-corrected chi connectivity index (χ0v) is 21.2. The second kappa shape index (κ2) is 9.68. The van der Waals surface area contributed by atoms with Crippen molar-refractivity contribution in [3.05, 3.63) is 83.5 Å². The van der Waals surface area contributed by atoms with E-state index in [1.165, 1.54) is 48.8 Å². The van der Waals surface area contributed by atoms with Gasteiger partial charge in [0.15, 0.2) is 9.84 Å². The SMILES string of the molecule is COc1ccc(-c2sc(CS(=O)(=O)c3ccccc3)nc2C)cc1S(=O)(=O)Nc1ccc(O)cc1. The summed E-state index contributed by atoms with van der Waals surface area (Å²) >= 11 is 1.20. The molecule has 0 radical (unpaired) electrons. The number of sulfonamides is 1. The number of sulfone groups is 1. The van der Waals surface area contributed by atoms with E-state index in [4.69, 9.17) is 4.74 Å². The van der Waals surface area contributed by atoms with E-state index in [0.717, 1.165) is 0 Å². The third-order valence-electron chi connectivity index (χ3n) is 5.09. The Morgan fingerprint density at radius 1 is 0.971 bits per heavy atom. The highest BCUT2D eigenvalue weighted by Crippen LogP contribution is 2.36. The summed E-state index contributed by atoms with van der Waals surface area (Å²) in [6, 6.07) is 18.5. The van der Waals surface area contributed by atoms with Crippen LogP contribution in [0.25, 0.3) is 10.4 Å². The van der Waals surface area contributed by atoms with Gasteiger partial charge in [-0.1, -0.05) is 18.2 Å². The molecule has 4 aromatic rings. The zero-order valence-electron chi connectivity index (χ0n) is 18.8. The minimum Gasteiger partial charge on any atom is -0.508 e. The quantitative estimate of drug-likeness (QED) is 0.319. The number of nitrogens with one attached hydrogen (secondary N) is 1. The van der Waals surface area contributed by atoms with Crippen molar-refractivity contribution in [3.8, 4) is 21.9 Å². The number of thiazole rings is 1. The van der Waals surface area contributed by atoms with E-state index in [1.807, 2.05) is 0 Å². The highest BCUT2D eigenvalue weighted by molar-refractivity contribution is 7.92. The third-order valence-corrected chi connectivity index (χ3v) is 9.53. The first-order chi connectivity index (χ1) is 16.6. The van der Waals surface area contributed by atoms with Crippen molar-refractivity contribution in [1.82, 2.24) is 4.98 Å². The molecule has 1 heterocycles. The molecule has 0 saturated heterocycles. The average Bonchev–Trinajstić information content (AvgIpc) is 3.19. The van der Waals surface area contributed by atoms with Gasteiger partial charge in [-0.2, -0.15) is 0 Å². The van der Waals surface area contributed by atoms with Gasteiger partial charge in [-0.15, -0.1) is 11.3 Å². The maximum Gasteiger partial charge on any atom is 0.265 e. The Morgan fingerprint density at radius 3 is 2.31 bits per heavy atom. The second-order valence-corrected chi connectivity index (χ2v) is 12.3. The maximum atomic E-state index is 13.1. The van der Waals surface area contributed by atoms with E-state index in [-0.39, 0.29) is 32.7 Å². The van der Waals surface area contributed by atoms with E-state index in [9.17, 15) is 21.9 Å². The molecule has 0 aliphatic heterocycles. The van der Waals surface area contributed by atoms with Crippen molar-refractivity contribution in [1.29, 1.82) is 0 Å². The molecule has 0 bridgehead atoms. The number of methoxy groups -OCH3 is 1. The lowest BCUT2D eigenvalue weighted by molar-refractivity contribution is 0.403. The molecule has 8 nitrogen and oxygen atoms in total. The first-order valence-electron chi connectivity index (χ1n) is 10.3. The predicted molar refractivity (Wildman–Crippen MR) is 135 cm³/mol. The second-order valence-electron chi connectivity index (χ2n) is 7.61. The van der Waals surface area contributed by atoms with Gasteiger partial charge in [-0.05, 0) is 67.1 Å². The summed E-state index contributed by atoms with van der Waals surface area (Å²) < 4.78 is 59.6. The Morgan fingerprint density at radius 2 is 1.66 bits per heavy atom. The maximum absolute atomic E-state index is 13.1. The number of ether oxygens (including phenoxy) is 1. The van der Waals surface area contributed by atoms with E-state index in [1.54, 1.807) is 49.4 Å². The molecule has 0 spiro atoms. The van der Waals surface area contributed by atoms with Crippen LogP contribution < -0.4 is 9.46 Å². The molecule has 0 aliphatic rings. The molecule has 0 atom stereocenters. The smallest absolute Gasteiger partial charge is 0.265 e. The minimum atomic E-state index is -4.04. The Bertz CT molecular complexity index is 1560. The fourth-order valence-electron chi connectivity index (χ4n) is 3.42. The van der Waals surface area contributed by atoms with Gasteiger partial charge in [-0.25, -0.2) is 21.8 Å². The molecule has 0 unspecified atom stereocenters. The van der Waals surface area contributed by atoms with Crippen LogP contribution in [0.1, 0.15) is 10.7 Å². The fourth-order valence-corrected chi connectivity index (χ4v) is 7.36. The topological polar surface area (TPSA) is 123 Å². The summed E-state index contributed by atoms with van der Waals surface area (Å²) in [4.78, 5) is 5.22. The van der Waals surface area contributed by atoms with Crippen LogP contribution in [0.4, 0.5) is 5.69 Å². The summed E-state index contributed by atoms with van der Waals surface area (Å²) in [5, 5.41) is 9.85. The number of nitrogens with zero attached hydrogens (tertiary/aromatic N) is 1. The highest BCUT2D eigenvalue weighted by Gasteiger charge is 2.23. The molecule has 11 heteroatoms. The van der Waals surface area contributed by atoms with Crippen molar-refractivity contribution in [2.24, 2.45) is 0 Å². The third kappa shape index (κ3) is 5.47. The van der Waals surface area contributed by atoms with Crippen LogP contribution in [0.5, 0.6) is 11.5 Å². The van der Waals surface area contributed by atoms with Gasteiger partial charge in [-0.3, -0.25) is 4.72 Å². The Balaban J connectivity index is 1.68. The van der Waals surface area contributed by atoms with E-state index >= 15 is 0 Å². The van der Waals surface area contributed by atoms with Gasteiger partial charge >= 0.3 is 0 Å². The lowest BCUT2D eigenvalue weighted by atomic mass is 10.1. The molecule has 0 amide bonds. The number of anilines is 1. The van der Waals surface area contributed by atoms with Crippen LogP contribution in [0.15, 0.2) is 82.6 Å². The molecular formula is C24H22N2O6S3. The van der Waals surface area contributed by atoms with Gasteiger partial charge in [0, 0.05) is 5.69 Å². The number of aromatic nitrogens is 1. The number of phenols is 1. The standard InChI is InChI=1S/C24H22N2O6S3/c1-16-24(33-23(25-16)15-34(28,29)20-6-4-3-5-7-20)17-8-13-21(32-2)22(14-17)35(30,31)26-18-9-11-19(27)12-10-18/h3-14,26-27H,15H2,1-2H3. The largest absolute Gasteiger partial charge is 0.508 e. The number of aryl methyl sites for hydroxylation is 1. The van der Waals surface area contributed by atoms with Crippen molar-refractivity contribution in [2.75, 3.05) is 11.8 Å². The van der Waals surface area contributed by atoms with Gasteiger partial charge < -0.3 is 9.84 Å². The van der Waals surface area contributed by atoms with Gasteiger partial charge in [0.05, 0.1) is 22.6 Å². The van der Waals surface area contributed by atoms with Gasteiger partial charge in [0.25, 0.3) is 10.0 Å². The number of benzene rings is 3. The summed E-state index contributed by atoms with van der Waals surface area (Å²) in [6.45, 7) is 1.75. The summed E-state index contributed by atoms with van der Waals surface area (Å²) in [5.41, 5.74) is 1.43. The lowest BCUT2D eigenvalue weighted by Gasteiger charge is -2.13. The van der Waals surface area contributed by atoms with Crippen LogP contribution in [0.3, 0.4) is 0 Å². The molecule has 4 rings (SSSR count). The molecule has 0 fully saturated rings. The van der Waals surface area contributed by atoms with Crippen LogP contribution in [-0.2, 0) is 25.6 Å². The van der Waals surface area contributed by atoms with Crippen LogP contribution in [0, 0.1) is 6.92 Å². The Labute approximate surface area is 207 Å². The summed E-state index contributed by atoms with van der Waals surface area (Å²) in [6.07, 6.45) is 0. The first-order valence-corrected chi connectivity index (χ1v) is 14.3. The first kappa shape index (κ1) is 24.7. The average molecular weight is 531 g/mol. The number of rotatable bonds is 8. The van der Waals surface area contributed by atoms with Gasteiger partial charge in [0.1, 0.15) is 27.2 Å².